The number of hydrogen-bond acceptors (Lipinski definition) is 4. The Balaban J connectivity index is 1.96. The van der Waals surface area contributed by atoms with Gasteiger partial charge < -0.3 is 0 Å². The minimum Gasteiger partial charge on any atom is -0.276 e. The molecule has 112 valence electrons. The number of thiophene rings is 1. The van der Waals surface area contributed by atoms with E-state index >= 15 is 0 Å². The van der Waals surface area contributed by atoms with E-state index in [2.05, 4.69) is 55.4 Å². The van der Waals surface area contributed by atoms with Crippen molar-refractivity contribution in [3.05, 3.63) is 52.0 Å². The third kappa shape index (κ3) is 1.72. The van der Waals surface area contributed by atoms with Crippen molar-refractivity contribution in [3.63, 3.8) is 0 Å². The topological polar surface area (TPSA) is 42.5 Å². The Labute approximate surface area is 133 Å². The predicted octanol–water partition coefficient (Wildman–Crippen LogP) is 3.70. The van der Waals surface area contributed by atoms with Crippen molar-refractivity contribution >= 4 is 22.6 Å². The van der Waals surface area contributed by atoms with E-state index in [4.69, 9.17) is 4.99 Å². The third-order valence-corrected chi connectivity index (χ3v) is 5.93. The Morgan fingerprint density at radius 1 is 1.09 bits per heavy atom. The van der Waals surface area contributed by atoms with Crippen LogP contribution in [0.1, 0.15) is 43.7 Å². The Bertz CT molecular complexity index is 898. The number of rotatable bonds is 1. The van der Waals surface area contributed by atoms with Crippen LogP contribution in [0.15, 0.2) is 41.0 Å². The van der Waals surface area contributed by atoms with Crippen molar-refractivity contribution in [2.45, 2.75) is 38.6 Å². The fraction of sp³-hybridized carbons (Fsp3) is 0.353. The molecule has 0 unspecified atom stereocenters. The number of nitrogens with zero attached hydrogens (tertiary/aromatic N) is 4. The number of hydrogen-bond donors (Lipinski definition) is 0. The van der Waals surface area contributed by atoms with E-state index in [1.165, 1.54) is 10.4 Å². The summed E-state index contributed by atoms with van der Waals surface area (Å²) in [6, 6.07) is 6.31. The smallest absolute Gasteiger partial charge is 0.0879 e. The standard InChI is InChI=1S/C17H18N4S/c1-16(2)13-6-8-22-15(13)14(20-17(16,3)4)11-9-12-5-7-18-21(12)19-10-11/h5-10H,1-4H3. The molecular weight excluding hydrogens is 292 g/mol. The van der Waals surface area contributed by atoms with Gasteiger partial charge in [0, 0.05) is 11.0 Å². The third-order valence-electron chi connectivity index (χ3n) is 5.01. The van der Waals surface area contributed by atoms with Crippen LogP contribution in [0, 0.1) is 0 Å². The van der Waals surface area contributed by atoms with Crippen molar-refractivity contribution in [2.24, 2.45) is 4.99 Å². The summed E-state index contributed by atoms with van der Waals surface area (Å²) in [6.07, 6.45) is 3.62. The van der Waals surface area contributed by atoms with Gasteiger partial charge in [0.05, 0.1) is 34.0 Å². The highest BCUT2D eigenvalue weighted by atomic mass is 32.1. The van der Waals surface area contributed by atoms with Crippen LogP contribution in [0.4, 0.5) is 0 Å². The molecular formula is C17H18N4S. The van der Waals surface area contributed by atoms with E-state index in [1.54, 1.807) is 22.2 Å². The second-order valence-electron chi connectivity index (χ2n) is 6.80. The summed E-state index contributed by atoms with van der Waals surface area (Å²) >= 11 is 1.76. The zero-order chi connectivity index (χ0) is 15.5. The molecule has 0 aromatic carbocycles. The Kier molecular flexibility index (Phi) is 2.64. The molecule has 4 rings (SSSR count). The Morgan fingerprint density at radius 2 is 1.91 bits per heavy atom. The molecule has 0 spiro atoms. The molecule has 22 heavy (non-hydrogen) atoms. The van der Waals surface area contributed by atoms with E-state index in [1.807, 2.05) is 12.3 Å². The minimum atomic E-state index is -0.164. The first kappa shape index (κ1) is 13.6. The van der Waals surface area contributed by atoms with Crippen molar-refractivity contribution in [1.29, 1.82) is 0 Å². The van der Waals surface area contributed by atoms with Crippen molar-refractivity contribution in [1.82, 2.24) is 14.8 Å². The van der Waals surface area contributed by atoms with Crippen LogP contribution < -0.4 is 0 Å². The molecule has 0 saturated heterocycles. The van der Waals surface area contributed by atoms with E-state index in [0.717, 1.165) is 16.8 Å². The highest BCUT2D eigenvalue weighted by molar-refractivity contribution is 7.12. The number of aromatic nitrogens is 3. The second kappa shape index (κ2) is 4.26. The van der Waals surface area contributed by atoms with Crippen LogP contribution in [-0.4, -0.2) is 26.1 Å². The van der Waals surface area contributed by atoms with E-state index in [-0.39, 0.29) is 11.0 Å². The highest BCUT2D eigenvalue weighted by Crippen LogP contribution is 2.45. The van der Waals surface area contributed by atoms with E-state index in [0.29, 0.717) is 0 Å². The molecule has 1 aliphatic heterocycles. The molecule has 3 aromatic rings. The molecule has 0 N–H and O–H groups in total. The first-order valence-electron chi connectivity index (χ1n) is 7.39. The summed E-state index contributed by atoms with van der Waals surface area (Å²) in [6.45, 7) is 8.96. The van der Waals surface area contributed by atoms with Crippen molar-refractivity contribution in [3.8, 4) is 0 Å². The zero-order valence-electron chi connectivity index (χ0n) is 13.2. The lowest BCUT2D eigenvalue weighted by Crippen LogP contribution is -2.45. The SMILES string of the molecule is CC1(C)N=C(c2cnn3nccc3c2)c2sccc2C1(C)C. The second-order valence-corrected chi connectivity index (χ2v) is 7.71. The van der Waals surface area contributed by atoms with Gasteiger partial charge in [-0.3, -0.25) is 4.99 Å². The molecule has 0 amide bonds. The molecule has 4 nitrogen and oxygen atoms in total. The maximum absolute atomic E-state index is 5.10. The summed E-state index contributed by atoms with van der Waals surface area (Å²) in [4.78, 5) is 6.36. The molecule has 4 heterocycles. The zero-order valence-corrected chi connectivity index (χ0v) is 14.0. The largest absolute Gasteiger partial charge is 0.276 e. The average molecular weight is 310 g/mol. The Morgan fingerprint density at radius 3 is 2.73 bits per heavy atom. The van der Waals surface area contributed by atoms with E-state index < -0.39 is 0 Å². The molecule has 0 saturated carbocycles. The average Bonchev–Trinajstić information content (AvgIpc) is 3.11. The van der Waals surface area contributed by atoms with Gasteiger partial charge in [0.2, 0.25) is 0 Å². The van der Waals surface area contributed by atoms with Crippen LogP contribution in [0.2, 0.25) is 0 Å². The van der Waals surface area contributed by atoms with Gasteiger partial charge in [0.1, 0.15) is 0 Å². The summed E-state index contributed by atoms with van der Waals surface area (Å²) in [5.74, 6) is 0. The van der Waals surface area contributed by atoms with Crippen LogP contribution in [-0.2, 0) is 5.41 Å². The van der Waals surface area contributed by atoms with Gasteiger partial charge in [-0.05, 0) is 43.0 Å². The van der Waals surface area contributed by atoms with Gasteiger partial charge in [0.15, 0.2) is 0 Å². The minimum absolute atomic E-state index is 0.0139. The fourth-order valence-corrected chi connectivity index (χ4v) is 4.00. The molecule has 3 aromatic heterocycles. The van der Waals surface area contributed by atoms with Gasteiger partial charge >= 0.3 is 0 Å². The van der Waals surface area contributed by atoms with Crippen molar-refractivity contribution < 1.29 is 0 Å². The number of aliphatic imine (C=N–C) groups is 1. The molecule has 0 bridgehead atoms. The predicted molar refractivity (Wildman–Crippen MR) is 90.1 cm³/mol. The molecule has 0 aliphatic carbocycles. The highest BCUT2D eigenvalue weighted by Gasteiger charge is 2.44. The van der Waals surface area contributed by atoms with Crippen LogP contribution in [0.3, 0.4) is 0 Å². The van der Waals surface area contributed by atoms with Gasteiger partial charge in [-0.15, -0.1) is 11.3 Å². The van der Waals surface area contributed by atoms with Crippen LogP contribution >= 0.6 is 11.3 Å². The molecule has 0 radical (unpaired) electrons. The summed E-state index contributed by atoms with van der Waals surface area (Å²) in [5.41, 5.74) is 4.32. The number of fused-ring (bicyclic) bond motifs is 2. The Hall–Kier alpha value is -2.01. The normalized spacial score (nSPS) is 19.0. The summed E-state index contributed by atoms with van der Waals surface area (Å²) in [5, 5.41) is 10.7. The lowest BCUT2D eigenvalue weighted by molar-refractivity contribution is 0.305. The van der Waals surface area contributed by atoms with Gasteiger partial charge in [-0.1, -0.05) is 13.8 Å². The van der Waals surface area contributed by atoms with Crippen molar-refractivity contribution in [2.75, 3.05) is 0 Å². The fourth-order valence-electron chi connectivity index (χ4n) is 2.93. The first-order chi connectivity index (χ1) is 10.4. The first-order valence-corrected chi connectivity index (χ1v) is 8.27. The van der Waals surface area contributed by atoms with Crippen LogP contribution in [0.25, 0.3) is 5.52 Å². The van der Waals surface area contributed by atoms with Crippen LogP contribution in [0.5, 0.6) is 0 Å². The molecule has 5 heteroatoms. The molecule has 0 atom stereocenters. The maximum Gasteiger partial charge on any atom is 0.0879 e. The molecule has 1 aliphatic rings. The molecule has 0 fully saturated rings. The lowest BCUT2D eigenvalue weighted by atomic mass is 9.68. The monoisotopic (exact) mass is 310 g/mol. The maximum atomic E-state index is 5.10. The van der Waals surface area contributed by atoms with Gasteiger partial charge in [0.25, 0.3) is 0 Å². The van der Waals surface area contributed by atoms with Gasteiger partial charge in [-0.25, -0.2) is 0 Å². The quantitative estimate of drug-likeness (QED) is 0.688. The van der Waals surface area contributed by atoms with Gasteiger partial charge in [-0.2, -0.15) is 14.8 Å². The summed E-state index contributed by atoms with van der Waals surface area (Å²) in [7, 11) is 0. The van der Waals surface area contributed by atoms with E-state index in [9.17, 15) is 0 Å². The lowest BCUT2D eigenvalue weighted by Gasteiger charge is -2.43. The summed E-state index contributed by atoms with van der Waals surface area (Å²) < 4.78 is 1.64.